The first-order chi connectivity index (χ1) is 8.97. The molecule has 0 radical (unpaired) electrons. The van der Waals surface area contributed by atoms with Crippen LogP contribution >= 0.6 is 11.3 Å². The largest absolute Gasteiger partial charge is 0.491 e. The van der Waals surface area contributed by atoms with Gasteiger partial charge in [-0.15, -0.1) is 11.3 Å². The van der Waals surface area contributed by atoms with E-state index in [1.807, 2.05) is 32.0 Å². The first-order valence-electron chi connectivity index (χ1n) is 6.56. The highest BCUT2D eigenvalue weighted by Crippen LogP contribution is 2.30. The van der Waals surface area contributed by atoms with Gasteiger partial charge in [0.2, 0.25) is 0 Å². The fourth-order valence-corrected chi connectivity index (χ4v) is 3.04. The van der Waals surface area contributed by atoms with E-state index in [1.165, 1.54) is 15.3 Å². The number of thiophene rings is 1. The third kappa shape index (κ3) is 3.37. The molecule has 1 atom stereocenters. The Balaban J connectivity index is 2.25. The van der Waals surface area contributed by atoms with E-state index < -0.39 is 0 Å². The molecule has 0 fully saturated rings. The molecule has 0 saturated heterocycles. The van der Waals surface area contributed by atoms with Crippen molar-refractivity contribution in [3.8, 4) is 5.75 Å². The van der Waals surface area contributed by atoms with Gasteiger partial charge in [0.05, 0.1) is 12.1 Å². The summed E-state index contributed by atoms with van der Waals surface area (Å²) >= 11 is 1.77. The Hall–Kier alpha value is -1.32. The van der Waals surface area contributed by atoms with Crippen LogP contribution < -0.4 is 10.5 Å². The third-order valence-electron chi connectivity index (χ3n) is 3.08. The summed E-state index contributed by atoms with van der Waals surface area (Å²) in [6.45, 7) is 8.31. The van der Waals surface area contributed by atoms with Crippen LogP contribution in [0.25, 0.3) is 0 Å². The lowest BCUT2D eigenvalue weighted by Gasteiger charge is -2.14. The van der Waals surface area contributed by atoms with Crippen molar-refractivity contribution < 1.29 is 4.74 Å². The van der Waals surface area contributed by atoms with Crippen molar-refractivity contribution in [1.82, 2.24) is 0 Å². The molecule has 2 nitrogen and oxygen atoms in total. The Bertz CT molecular complexity index is 540. The Morgan fingerprint density at radius 3 is 2.47 bits per heavy atom. The third-order valence-corrected chi connectivity index (χ3v) is 4.32. The predicted molar refractivity (Wildman–Crippen MR) is 82.0 cm³/mol. The highest BCUT2D eigenvalue weighted by Gasteiger charge is 2.13. The van der Waals surface area contributed by atoms with Crippen molar-refractivity contribution in [2.45, 2.75) is 39.8 Å². The minimum absolute atomic E-state index is 0.0758. The van der Waals surface area contributed by atoms with E-state index in [-0.39, 0.29) is 12.1 Å². The topological polar surface area (TPSA) is 35.2 Å². The lowest BCUT2D eigenvalue weighted by Crippen LogP contribution is -2.11. The van der Waals surface area contributed by atoms with Crippen LogP contribution in [-0.2, 0) is 0 Å². The van der Waals surface area contributed by atoms with Crippen LogP contribution in [0.15, 0.2) is 30.3 Å². The molecule has 102 valence electrons. The van der Waals surface area contributed by atoms with Crippen molar-refractivity contribution in [1.29, 1.82) is 0 Å². The first-order valence-corrected chi connectivity index (χ1v) is 7.38. The van der Waals surface area contributed by atoms with Gasteiger partial charge in [0.25, 0.3) is 0 Å². The summed E-state index contributed by atoms with van der Waals surface area (Å²) < 4.78 is 5.72. The van der Waals surface area contributed by atoms with Crippen LogP contribution in [0.1, 0.15) is 40.8 Å². The quantitative estimate of drug-likeness (QED) is 0.907. The van der Waals surface area contributed by atoms with Crippen molar-refractivity contribution in [3.05, 3.63) is 51.2 Å². The van der Waals surface area contributed by atoms with Crippen LogP contribution in [0.5, 0.6) is 5.75 Å². The lowest BCUT2D eigenvalue weighted by atomic mass is 10.1. The van der Waals surface area contributed by atoms with Crippen LogP contribution in [-0.4, -0.2) is 6.10 Å². The Morgan fingerprint density at radius 1 is 1.16 bits per heavy atom. The van der Waals surface area contributed by atoms with E-state index >= 15 is 0 Å². The molecule has 1 aromatic carbocycles. The van der Waals surface area contributed by atoms with Gasteiger partial charge in [-0.3, -0.25) is 0 Å². The zero-order valence-electron chi connectivity index (χ0n) is 11.9. The van der Waals surface area contributed by atoms with Gasteiger partial charge in [-0.25, -0.2) is 0 Å². The summed E-state index contributed by atoms with van der Waals surface area (Å²) in [5.74, 6) is 0.882. The van der Waals surface area contributed by atoms with Gasteiger partial charge in [-0.1, -0.05) is 12.1 Å². The van der Waals surface area contributed by atoms with E-state index in [0.717, 1.165) is 11.3 Å². The predicted octanol–water partition coefficient (Wildman–Crippen LogP) is 4.20. The second-order valence-electron chi connectivity index (χ2n) is 5.10. The second-order valence-corrected chi connectivity index (χ2v) is 6.39. The number of rotatable bonds is 4. The number of aryl methyl sites for hydroxylation is 2. The highest BCUT2D eigenvalue weighted by atomic mass is 32.1. The lowest BCUT2D eigenvalue weighted by molar-refractivity contribution is 0.242. The van der Waals surface area contributed by atoms with Gasteiger partial charge in [0.1, 0.15) is 5.75 Å². The minimum Gasteiger partial charge on any atom is -0.491 e. The maximum atomic E-state index is 6.35. The molecule has 3 heteroatoms. The molecule has 0 aliphatic carbocycles. The smallest absolute Gasteiger partial charge is 0.120 e. The van der Waals surface area contributed by atoms with Gasteiger partial charge in [0.15, 0.2) is 0 Å². The molecular formula is C16H21NOS. The molecule has 2 N–H and O–H groups in total. The molecule has 0 spiro atoms. The van der Waals surface area contributed by atoms with Gasteiger partial charge >= 0.3 is 0 Å². The summed E-state index contributed by atoms with van der Waals surface area (Å²) in [5, 5.41) is 0. The number of nitrogens with two attached hydrogens (primary N) is 1. The molecule has 0 bridgehead atoms. The summed E-state index contributed by atoms with van der Waals surface area (Å²) in [4.78, 5) is 2.54. The van der Waals surface area contributed by atoms with E-state index in [4.69, 9.17) is 10.5 Å². The van der Waals surface area contributed by atoms with Gasteiger partial charge in [-0.2, -0.15) is 0 Å². The van der Waals surface area contributed by atoms with Crippen molar-refractivity contribution in [2.75, 3.05) is 0 Å². The minimum atomic E-state index is -0.0758. The zero-order chi connectivity index (χ0) is 14.0. The number of hydrogen-bond donors (Lipinski definition) is 1. The Kier molecular flexibility index (Phi) is 4.27. The Morgan fingerprint density at radius 2 is 1.89 bits per heavy atom. The fourth-order valence-electron chi connectivity index (χ4n) is 1.97. The first kappa shape index (κ1) is 14.1. The van der Waals surface area contributed by atoms with Gasteiger partial charge in [-0.05, 0) is 57.0 Å². The molecule has 1 aromatic heterocycles. The van der Waals surface area contributed by atoms with Crippen LogP contribution in [0.4, 0.5) is 0 Å². The highest BCUT2D eigenvalue weighted by molar-refractivity contribution is 7.12. The van der Waals surface area contributed by atoms with Crippen molar-refractivity contribution in [2.24, 2.45) is 5.73 Å². The molecule has 0 amide bonds. The van der Waals surface area contributed by atoms with Crippen LogP contribution in [0, 0.1) is 13.8 Å². The molecule has 1 heterocycles. The van der Waals surface area contributed by atoms with Gasteiger partial charge in [0, 0.05) is 9.75 Å². The number of hydrogen-bond acceptors (Lipinski definition) is 3. The number of ether oxygens (including phenoxy) is 1. The van der Waals surface area contributed by atoms with Crippen molar-refractivity contribution in [3.63, 3.8) is 0 Å². The molecule has 2 rings (SSSR count). The zero-order valence-corrected chi connectivity index (χ0v) is 12.8. The van der Waals surface area contributed by atoms with Crippen molar-refractivity contribution >= 4 is 11.3 Å². The van der Waals surface area contributed by atoms with Crippen LogP contribution in [0.3, 0.4) is 0 Å². The summed E-state index contributed by atoms with van der Waals surface area (Å²) in [5.41, 5.74) is 8.76. The van der Waals surface area contributed by atoms with E-state index in [1.54, 1.807) is 11.3 Å². The molecule has 1 unspecified atom stereocenters. The molecule has 0 aliphatic rings. The maximum Gasteiger partial charge on any atom is 0.120 e. The molecule has 0 saturated carbocycles. The fraction of sp³-hybridized carbons (Fsp3) is 0.375. The molecular weight excluding hydrogens is 254 g/mol. The average Bonchev–Trinajstić information content (AvgIpc) is 2.68. The standard InChI is InChI=1S/C16H21NOS/c1-10(2)18-14-7-5-6-13(9-14)16(17)15-8-11(3)12(4)19-15/h5-10,16H,17H2,1-4H3. The second kappa shape index (κ2) is 5.76. The molecule has 0 aliphatic heterocycles. The normalized spacial score (nSPS) is 12.7. The van der Waals surface area contributed by atoms with E-state index in [9.17, 15) is 0 Å². The van der Waals surface area contributed by atoms with E-state index in [0.29, 0.717) is 0 Å². The number of benzene rings is 1. The maximum absolute atomic E-state index is 6.35. The monoisotopic (exact) mass is 275 g/mol. The summed E-state index contributed by atoms with van der Waals surface area (Å²) in [6, 6.07) is 10.2. The summed E-state index contributed by atoms with van der Waals surface area (Å²) in [7, 11) is 0. The molecule has 2 aromatic rings. The average molecular weight is 275 g/mol. The Labute approximate surface area is 119 Å². The SMILES string of the molecule is Cc1cc(C(N)c2cccc(OC(C)C)c2)sc1C. The van der Waals surface area contributed by atoms with Crippen LogP contribution in [0.2, 0.25) is 0 Å². The molecule has 19 heavy (non-hydrogen) atoms. The summed E-state index contributed by atoms with van der Waals surface area (Å²) in [6.07, 6.45) is 0.178. The van der Waals surface area contributed by atoms with E-state index in [2.05, 4.69) is 26.0 Å². The van der Waals surface area contributed by atoms with Gasteiger partial charge < -0.3 is 10.5 Å².